The highest BCUT2D eigenvalue weighted by molar-refractivity contribution is 7.80. The van der Waals surface area contributed by atoms with E-state index in [-0.39, 0.29) is 0 Å². The van der Waals surface area contributed by atoms with Crippen LogP contribution in [0, 0.1) is 0 Å². The molecule has 0 radical (unpaired) electrons. The number of hydrogen-bond acceptors (Lipinski definition) is 6. The van der Waals surface area contributed by atoms with E-state index in [9.17, 15) is 0 Å². The van der Waals surface area contributed by atoms with E-state index in [0.717, 1.165) is 65.5 Å². The predicted molar refractivity (Wildman–Crippen MR) is 152 cm³/mol. The number of nitrogens with zero attached hydrogens (tertiary/aromatic N) is 5. The van der Waals surface area contributed by atoms with Gasteiger partial charge < -0.3 is 14.5 Å². The van der Waals surface area contributed by atoms with Crippen LogP contribution in [0.25, 0.3) is 33.5 Å². The molecule has 0 saturated carbocycles. The normalized spacial score (nSPS) is 13.5. The van der Waals surface area contributed by atoms with Gasteiger partial charge in [0.15, 0.2) is 0 Å². The monoisotopic (exact) mass is 503 g/mol. The number of piperazine rings is 1. The fraction of sp³-hybridized carbons (Fsp3) is 0.133. The second-order valence-corrected chi connectivity index (χ2v) is 9.18. The Balaban J connectivity index is 1.24. The van der Waals surface area contributed by atoms with E-state index in [0.29, 0.717) is 10.9 Å². The molecular weight excluding hydrogens is 478 g/mol. The van der Waals surface area contributed by atoms with Gasteiger partial charge in [0.05, 0.1) is 22.4 Å². The summed E-state index contributed by atoms with van der Waals surface area (Å²) in [6.45, 7) is 3.24. The summed E-state index contributed by atoms with van der Waals surface area (Å²) in [6.07, 6.45) is 1.82. The number of rotatable bonds is 4. The van der Waals surface area contributed by atoms with E-state index in [1.807, 2.05) is 79.0 Å². The number of pyridine rings is 1. The number of aromatic nitrogens is 3. The lowest BCUT2D eigenvalue weighted by atomic mass is 10.0. The summed E-state index contributed by atoms with van der Waals surface area (Å²) in [5.41, 5.74) is 5.31. The molecule has 0 amide bonds. The van der Waals surface area contributed by atoms with Crippen molar-refractivity contribution in [2.75, 3.05) is 31.1 Å². The van der Waals surface area contributed by atoms with Crippen molar-refractivity contribution >= 4 is 34.2 Å². The number of thiocarbonyl (C=S) groups is 1. The molecule has 0 atom stereocenters. The maximum atomic E-state index is 6.12. The van der Waals surface area contributed by atoms with Crippen molar-refractivity contribution in [2.24, 2.45) is 0 Å². The molecule has 1 aliphatic rings. The molecule has 0 aliphatic carbocycles. The van der Waals surface area contributed by atoms with Gasteiger partial charge >= 0.3 is 0 Å². The van der Waals surface area contributed by atoms with Crippen molar-refractivity contribution < 1.29 is 4.74 Å². The van der Waals surface area contributed by atoms with Crippen LogP contribution in [0.3, 0.4) is 0 Å². The van der Waals surface area contributed by atoms with E-state index in [1.165, 1.54) is 0 Å². The molecule has 1 aliphatic heterocycles. The Morgan fingerprint density at radius 2 is 1.30 bits per heavy atom. The highest BCUT2D eigenvalue weighted by atomic mass is 32.1. The van der Waals surface area contributed by atoms with Crippen molar-refractivity contribution in [3.8, 4) is 28.3 Å². The van der Waals surface area contributed by atoms with Gasteiger partial charge in [-0.3, -0.25) is 0 Å². The first-order valence-electron chi connectivity index (χ1n) is 12.3. The molecule has 3 aromatic carbocycles. The number of fused-ring (bicyclic) bond motifs is 1. The molecule has 182 valence electrons. The topological polar surface area (TPSA) is 54.4 Å². The lowest BCUT2D eigenvalue weighted by molar-refractivity contribution is 0.331. The Labute approximate surface area is 221 Å². The number of anilines is 1. The first-order chi connectivity index (χ1) is 18.2. The van der Waals surface area contributed by atoms with Crippen molar-refractivity contribution in [1.82, 2.24) is 19.9 Å². The van der Waals surface area contributed by atoms with E-state index in [1.54, 1.807) is 0 Å². The zero-order valence-corrected chi connectivity index (χ0v) is 21.0. The van der Waals surface area contributed by atoms with Crippen molar-refractivity contribution in [1.29, 1.82) is 0 Å². The maximum Gasteiger partial charge on any atom is 0.264 e. The minimum Gasteiger partial charge on any atom is -0.432 e. The van der Waals surface area contributed by atoms with Crippen LogP contribution in [0.5, 0.6) is 5.75 Å². The Morgan fingerprint density at radius 1 is 0.676 bits per heavy atom. The van der Waals surface area contributed by atoms with Gasteiger partial charge in [-0.15, -0.1) is 0 Å². The third-order valence-corrected chi connectivity index (χ3v) is 6.79. The smallest absolute Gasteiger partial charge is 0.264 e. The Kier molecular flexibility index (Phi) is 6.44. The van der Waals surface area contributed by atoms with Crippen LogP contribution in [0.2, 0.25) is 0 Å². The summed E-state index contributed by atoms with van der Waals surface area (Å²) in [7, 11) is 0. The predicted octanol–water partition coefficient (Wildman–Crippen LogP) is 5.84. The first kappa shape index (κ1) is 23.1. The van der Waals surface area contributed by atoms with E-state index < -0.39 is 0 Å². The van der Waals surface area contributed by atoms with Crippen LogP contribution >= 0.6 is 12.2 Å². The molecule has 6 nitrogen and oxygen atoms in total. The molecule has 1 saturated heterocycles. The van der Waals surface area contributed by atoms with Gasteiger partial charge in [-0.25, -0.2) is 15.0 Å². The Morgan fingerprint density at radius 3 is 1.92 bits per heavy atom. The third-order valence-electron chi connectivity index (χ3n) is 6.45. The molecule has 0 N–H and O–H groups in total. The highest BCUT2D eigenvalue weighted by Gasteiger charge is 2.21. The minimum atomic E-state index is 0.470. The van der Waals surface area contributed by atoms with Gasteiger partial charge in [-0.05, 0) is 36.5 Å². The molecule has 5 aromatic rings. The van der Waals surface area contributed by atoms with Gasteiger partial charge in [0.1, 0.15) is 11.6 Å². The lowest BCUT2D eigenvalue weighted by Crippen LogP contribution is -2.49. The fourth-order valence-electron chi connectivity index (χ4n) is 4.52. The van der Waals surface area contributed by atoms with Gasteiger partial charge in [-0.1, -0.05) is 66.7 Å². The third kappa shape index (κ3) is 4.99. The minimum absolute atomic E-state index is 0.470. The Bertz CT molecular complexity index is 1520. The van der Waals surface area contributed by atoms with Crippen LogP contribution in [0.4, 0.5) is 5.82 Å². The number of hydrogen-bond donors (Lipinski definition) is 0. The van der Waals surface area contributed by atoms with Crippen LogP contribution in [-0.4, -0.2) is 51.2 Å². The summed E-state index contributed by atoms with van der Waals surface area (Å²) in [5.74, 6) is 1.65. The van der Waals surface area contributed by atoms with E-state index >= 15 is 0 Å². The lowest BCUT2D eigenvalue weighted by Gasteiger charge is -2.36. The average molecular weight is 504 g/mol. The summed E-state index contributed by atoms with van der Waals surface area (Å²) in [6, 6.07) is 32.1. The number of benzene rings is 3. The zero-order valence-electron chi connectivity index (χ0n) is 20.2. The van der Waals surface area contributed by atoms with Gasteiger partial charge in [0.25, 0.3) is 5.17 Å². The summed E-state index contributed by atoms with van der Waals surface area (Å²) >= 11 is 5.65. The van der Waals surface area contributed by atoms with Crippen LogP contribution in [0.1, 0.15) is 0 Å². The summed E-state index contributed by atoms with van der Waals surface area (Å²) in [5, 5.41) is 0.470. The average Bonchev–Trinajstić information content (AvgIpc) is 2.98. The van der Waals surface area contributed by atoms with Crippen LogP contribution < -0.4 is 9.64 Å². The quantitative estimate of drug-likeness (QED) is 0.285. The van der Waals surface area contributed by atoms with Crippen molar-refractivity contribution in [2.45, 2.75) is 0 Å². The molecular formula is C30H25N5OS. The highest BCUT2D eigenvalue weighted by Crippen LogP contribution is 2.32. The molecule has 0 spiro atoms. The molecule has 1 fully saturated rings. The Hall–Kier alpha value is -4.36. The molecule has 3 heterocycles. The number of ether oxygens (including phenoxy) is 1. The molecule has 2 aromatic heterocycles. The molecule has 7 heteroatoms. The molecule has 6 rings (SSSR count). The van der Waals surface area contributed by atoms with Crippen LogP contribution in [0.15, 0.2) is 103 Å². The van der Waals surface area contributed by atoms with Crippen molar-refractivity contribution in [3.63, 3.8) is 0 Å². The molecule has 0 unspecified atom stereocenters. The first-order valence-corrected chi connectivity index (χ1v) is 12.7. The van der Waals surface area contributed by atoms with E-state index in [2.05, 4.69) is 39.0 Å². The maximum absolute atomic E-state index is 6.12. The molecule has 37 heavy (non-hydrogen) atoms. The van der Waals surface area contributed by atoms with Gasteiger partial charge in [0, 0.05) is 49.6 Å². The van der Waals surface area contributed by atoms with Crippen molar-refractivity contribution in [3.05, 3.63) is 103 Å². The fourth-order valence-corrected chi connectivity index (χ4v) is 4.80. The standard InChI is InChI=1S/C30H25N5OS/c37-30(35-19-17-34(18-20-35)27-13-7-8-16-31-27)36-24-14-15-25-26(21-24)33-29(23-11-5-2-6-12-23)28(32-25)22-9-3-1-4-10-22/h1-16,21H,17-20H2. The SMILES string of the molecule is S=C(Oc1ccc2nc(-c3ccccc3)c(-c3ccccc3)nc2c1)N1CCN(c2ccccn2)CC1. The second kappa shape index (κ2) is 10.3. The molecule has 0 bridgehead atoms. The zero-order chi connectivity index (χ0) is 25.0. The summed E-state index contributed by atoms with van der Waals surface area (Å²) in [4.78, 5) is 18.8. The largest absolute Gasteiger partial charge is 0.432 e. The van der Waals surface area contributed by atoms with Crippen LogP contribution in [-0.2, 0) is 0 Å². The van der Waals surface area contributed by atoms with E-state index in [4.69, 9.17) is 26.9 Å². The van der Waals surface area contributed by atoms with Gasteiger partial charge in [0.2, 0.25) is 0 Å². The van der Waals surface area contributed by atoms with Gasteiger partial charge in [-0.2, -0.15) is 0 Å². The summed E-state index contributed by atoms with van der Waals surface area (Å²) < 4.78 is 6.12. The second-order valence-electron chi connectivity index (χ2n) is 8.83.